The summed E-state index contributed by atoms with van der Waals surface area (Å²) in [5, 5.41) is 9.44. The largest absolute Gasteiger partial charge is 0.389 e. The molecular formula is C10H12O3. The van der Waals surface area contributed by atoms with Crippen LogP contribution in [0.4, 0.5) is 0 Å². The number of aliphatic hydroxyl groups excluding tert-OH is 1. The monoisotopic (exact) mass is 180 g/mol. The van der Waals surface area contributed by atoms with Crippen molar-refractivity contribution in [1.82, 2.24) is 0 Å². The summed E-state index contributed by atoms with van der Waals surface area (Å²) in [5.74, 6) is -0.287. The second-order valence-electron chi connectivity index (χ2n) is 3.25. The van der Waals surface area contributed by atoms with E-state index in [1.54, 1.807) is 6.92 Å². The maximum absolute atomic E-state index is 10.7. The first-order valence-electron chi connectivity index (χ1n) is 4.09. The Morgan fingerprint density at radius 1 is 1.62 bits per heavy atom. The number of rotatable bonds is 3. The van der Waals surface area contributed by atoms with Crippen molar-refractivity contribution in [2.24, 2.45) is 5.92 Å². The van der Waals surface area contributed by atoms with E-state index in [1.807, 2.05) is 0 Å². The zero-order valence-electron chi connectivity index (χ0n) is 7.49. The molecule has 0 aromatic carbocycles. The Kier molecular flexibility index (Phi) is 2.78. The zero-order chi connectivity index (χ0) is 10.0. The third-order valence-corrected chi connectivity index (χ3v) is 2.52. The van der Waals surface area contributed by atoms with Gasteiger partial charge >= 0.3 is 0 Å². The first-order valence-corrected chi connectivity index (χ1v) is 4.09. The molecule has 0 fully saturated rings. The average Bonchev–Trinajstić information content (AvgIpc) is 2.42. The van der Waals surface area contributed by atoms with Crippen LogP contribution in [0, 0.1) is 5.92 Å². The maximum Gasteiger partial charge on any atom is 0.146 e. The lowest BCUT2D eigenvalue weighted by Crippen LogP contribution is -2.07. The molecule has 0 heterocycles. The molecule has 0 aromatic heterocycles. The van der Waals surface area contributed by atoms with E-state index >= 15 is 0 Å². The van der Waals surface area contributed by atoms with Crippen LogP contribution in [0.5, 0.6) is 0 Å². The van der Waals surface area contributed by atoms with Crippen LogP contribution in [-0.2, 0) is 9.59 Å². The van der Waals surface area contributed by atoms with Gasteiger partial charge in [0.25, 0.3) is 0 Å². The van der Waals surface area contributed by atoms with Crippen LogP contribution in [0.15, 0.2) is 23.3 Å². The molecule has 3 heteroatoms. The van der Waals surface area contributed by atoms with Crippen LogP contribution >= 0.6 is 0 Å². The quantitative estimate of drug-likeness (QED) is 0.512. The van der Waals surface area contributed by atoms with Crippen LogP contribution in [0.25, 0.3) is 0 Å². The molecule has 0 saturated carbocycles. The summed E-state index contributed by atoms with van der Waals surface area (Å²) < 4.78 is 0. The molecule has 1 N–H and O–H groups in total. The van der Waals surface area contributed by atoms with E-state index in [2.05, 4.69) is 6.58 Å². The number of aliphatic hydroxyl groups is 1. The standard InChI is InChI=1S/C10H12O3/c1-6(4-11)8-3-10(13)7(2)9(8)5-12/h4-5,8,10,13H,1,3H2,2H3/t8-,10-/m1/s1. The Labute approximate surface area is 76.8 Å². The van der Waals surface area contributed by atoms with Gasteiger partial charge in [0.1, 0.15) is 12.6 Å². The van der Waals surface area contributed by atoms with E-state index in [9.17, 15) is 14.7 Å². The normalized spacial score (nSPS) is 27.5. The lowest BCUT2D eigenvalue weighted by Gasteiger charge is -2.08. The predicted octanol–water partition coefficient (Wildman–Crippen LogP) is 0.638. The average molecular weight is 180 g/mol. The highest BCUT2D eigenvalue weighted by atomic mass is 16.3. The van der Waals surface area contributed by atoms with Gasteiger partial charge in [-0.05, 0) is 24.5 Å². The molecule has 0 amide bonds. The van der Waals surface area contributed by atoms with Crippen LogP contribution in [-0.4, -0.2) is 23.8 Å². The molecule has 0 spiro atoms. The predicted molar refractivity (Wildman–Crippen MR) is 48.1 cm³/mol. The minimum Gasteiger partial charge on any atom is -0.389 e. The van der Waals surface area contributed by atoms with Gasteiger partial charge in [0.15, 0.2) is 0 Å². The van der Waals surface area contributed by atoms with Gasteiger partial charge in [0.05, 0.1) is 6.10 Å². The molecule has 0 radical (unpaired) electrons. The van der Waals surface area contributed by atoms with Gasteiger partial charge in [-0.25, -0.2) is 0 Å². The number of carbonyl (C=O) groups excluding carboxylic acids is 2. The summed E-state index contributed by atoms with van der Waals surface area (Å²) in [4.78, 5) is 21.1. The molecule has 1 aliphatic carbocycles. The fraction of sp³-hybridized carbons (Fsp3) is 0.400. The summed E-state index contributed by atoms with van der Waals surface area (Å²) in [6.07, 6.45) is 1.13. The summed E-state index contributed by atoms with van der Waals surface area (Å²) >= 11 is 0. The van der Waals surface area contributed by atoms with Crippen molar-refractivity contribution in [2.45, 2.75) is 19.4 Å². The molecular weight excluding hydrogens is 168 g/mol. The van der Waals surface area contributed by atoms with Gasteiger partial charge in [-0.3, -0.25) is 9.59 Å². The number of hydrogen-bond donors (Lipinski definition) is 1. The third kappa shape index (κ3) is 1.60. The van der Waals surface area contributed by atoms with Gasteiger partial charge < -0.3 is 5.11 Å². The summed E-state index contributed by atoms with van der Waals surface area (Å²) in [7, 11) is 0. The Balaban J connectivity index is 2.99. The minimum atomic E-state index is -0.609. The molecule has 13 heavy (non-hydrogen) atoms. The van der Waals surface area contributed by atoms with Gasteiger partial charge in [0, 0.05) is 11.5 Å². The molecule has 2 atom stereocenters. The molecule has 0 aromatic rings. The topological polar surface area (TPSA) is 54.4 Å². The van der Waals surface area contributed by atoms with Gasteiger partial charge in [-0.1, -0.05) is 6.58 Å². The van der Waals surface area contributed by atoms with Crippen molar-refractivity contribution in [2.75, 3.05) is 0 Å². The van der Waals surface area contributed by atoms with E-state index < -0.39 is 6.10 Å². The smallest absolute Gasteiger partial charge is 0.146 e. The van der Waals surface area contributed by atoms with Crippen LogP contribution < -0.4 is 0 Å². The Hall–Kier alpha value is -1.22. The van der Waals surface area contributed by atoms with E-state index in [0.717, 1.165) is 0 Å². The highest BCUT2D eigenvalue weighted by Gasteiger charge is 2.31. The molecule has 0 bridgehead atoms. The number of carbonyl (C=O) groups is 2. The first-order chi connectivity index (χ1) is 6.11. The second-order valence-corrected chi connectivity index (χ2v) is 3.25. The Morgan fingerprint density at radius 2 is 2.23 bits per heavy atom. The van der Waals surface area contributed by atoms with Gasteiger partial charge in [-0.15, -0.1) is 0 Å². The fourth-order valence-electron chi connectivity index (χ4n) is 1.60. The first kappa shape index (κ1) is 9.86. The lowest BCUT2D eigenvalue weighted by atomic mass is 9.94. The highest BCUT2D eigenvalue weighted by Crippen LogP contribution is 2.34. The number of allylic oxidation sites excluding steroid dienone is 2. The van der Waals surface area contributed by atoms with Crippen molar-refractivity contribution >= 4 is 12.6 Å². The van der Waals surface area contributed by atoms with Crippen LogP contribution in [0.2, 0.25) is 0 Å². The minimum absolute atomic E-state index is 0.287. The maximum atomic E-state index is 10.7. The molecule has 0 saturated heterocycles. The van der Waals surface area contributed by atoms with E-state index in [0.29, 0.717) is 35.7 Å². The summed E-state index contributed by atoms with van der Waals surface area (Å²) in [6, 6.07) is 0. The van der Waals surface area contributed by atoms with Crippen molar-refractivity contribution in [3.05, 3.63) is 23.3 Å². The molecule has 1 aliphatic rings. The van der Waals surface area contributed by atoms with Crippen LogP contribution in [0.1, 0.15) is 13.3 Å². The molecule has 70 valence electrons. The molecule has 0 unspecified atom stereocenters. The Morgan fingerprint density at radius 3 is 2.69 bits per heavy atom. The number of aldehydes is 2. The SMILES string of the molecule is C=C(C=O)[C@H]1C[C@@H](O)C(C)=C1C=O. The van der Waals surface area contributed by atoms with E-state index in [4.69, 9.17) is 0 Å². The van der Waals surface area contributed by atoms with Crippen molar-refractivity contribution in [3.8, 4) is 0 Å². The zero-order valence-corrected chi connectivity index (χ0v) is 7.49. The molecule has 1 rings (SSSR count). The second kappa shape index (κ2) is 3.66. The van der Waals surface area contributed by atoms with Crippen molar-refractivity contribution in [1.29, 1.82) is 0 Å². The summed E-state index contributed by atoms with van der Waals surface area (Å²) in [6.45, 7) is 5.25. The fourth-order valence-corrected chi connectivity index (χ4v) is 1.60. The lowest BCUT2D eigenvalue weighted by molar-refractivity contribution is -0.105. The van der Waals surface area contributed by atoms with Crippen LogP contribution in [0.3, 0.4) is 0 Å². The summed E-state index contributed by atoms with van der Waals surface area (Å²) in [5.41, 5.74) is 1.52. The van der Waals surface area contributed by atoms with Gasteiger partial charge in [-0.2, -0.15) is 0 Å². The van der Waals surface area contributed by atoms with Gasteiger partial charge in [0.2, 0.25) is 0 Å². The number of hydrogen-bond acceptors (Lipinski definition) is 3. The van der Waals surface area contributed by atoms with Crippen molar-refractivity contribution in [3.63, 3.8) is 0 Å². The highest BCUT2D eigenvalue weighted by molar-refractivity contribution is 5.83. The van der Waals surface area contributed by atoms with E-state index in [-0.39, 0.29) is 5.92 Å². The van der Waals surface area contributed by atoms with E-state index in [1.165, 1.54) is 0 Å². The van der Waals surface area contributed by atoms with Crippen molar-refractivity contribution < 1.29 is 14.7 Å². The molecule has 0 aliphatic heterocycles. The molecule has 3 nitrogen and oxygen atoms in total. The third-order valence-electron chi connectivity index (χ3n) is 2.52. The Bertz CT molecular complexity index is 289.